The summed E-state index contributed by atoms with van der Waals surface area (Å²) in [6, 6.07) is 8.77. The van der Waals surface area contributed by atoms with Gasteiger partial charge in [0, 0.05) is 17.0 Å². The first-order chi connectivity index (χ1) is 12.0. The summed E-state index contributed by atoms with van der Waals surface area (Å²) in [5, 5.41) is 2.62. The molecular formula is C24H29N. The van der Waals surface area contributed by atoms with Gasteiger partial charge in [0.15, 0.2) is 0 Å². The van der Waals surface area contributed by atoms with Gasteiger partial charge in [0.2, 0.25) is 0 Å². The standard InChI is InChI=1S/C24H29N/c1-6-7-8-9-10-12-17(2)22-18(3)23-21-19(15-16-25-23)13-11-14-20(21)24(22,4)5/h7-8,11-16H,6,9-10H2,1-5H3/b8-7?,17-12-. The number of rotatable bonds is 5. The zero-order valence-electron chi connectivity index (χ0n) is 16.2. The number of benzene rings is 1. The summed E-state index contributed by atoms with van der Waals surface area (Å²) < 4.78 is 0. The number of hydrogen-bond donors (Lipinski definition) is 0. The maximum atomic E-state index is 4.74. The number of aromatic nitrogens is 1. The molecule has 2 aromatic rings. The van der Waals surface area contributed by atoms with Crippen LogP contribution in [0.2, 0.25) is 0 Å². The Hall–Kier alpha value is -2.15. The lowest BCUT2D eigenvalue weighted by atomic mass is 9.67. The Labute approximate surface area is 152 Å². The number of allylic oxidation sites excluding steroid dienone is 6. The molecule has 1 aliphatic rings. The molecule has 0 spiro atoms. The van der Waals surface area contributed by atoms with Crippen LogP contribution in [0.1, 0.15) is 65.1 Å². The molecule has 0 amide bonds. The summed E-state index contributed by atoms with van der Waals surface area (Å²) in [5.41, 5.74) is 6.70. The Kier molecular flexibility index (Phi) is 4.94. The molecule has 0 saturated carbocycles. The van der Waals surface area contributed by atoms with Crippen LogP contribution < -0.4 is 0 Å². The minimum absolute atomic E-state index is 0.000528. The van der Waals surface area contributed by atoms with Gasteiger partial charge in [-0.2, -0.15) is 0 Å². The van der Waals surface area contributed by atoms with Gasteiger partial charge in [0.05, 0.1) is 5.69 Å². The normalized spacial score (nSPS) is 16.9. The van der Waals surface area contributed by atoms with Gasteiger partial charge in [-0.25, -0.2) is 0 Å². The molecule has 0 aliphatic heterocycles. The molecule has 1 heteroatoms. The highest BCUT2D eigenvalue weighted by atomic mass is 14.7. The van der Waals surface area contributed by atoms with Crippen molar-refractivity contribution in [3.63, 3.8) is 0 Å². The lowest BCUT2D eigenvalue weighted by molar-refractivity contribution is 0.632. The minimum Gasteiger partial charge on any atom is -0.256 e. The maximum absolute atomic E-state index is 4.74. The highest BCUT2D eigenvalue weighted by Gasteiger charge is 2.35. The molecule has 1 nitrogen and oxygen atoms in total. The van der Waals surface area contributed by atoms with E-state index in [9.17, 15) is 0 Å². The second-order valence-electron chi connectivity index (χ2n) is 7.53. The van der Waals surface area contributed by atoms with E-state index in [1.807, 2.05) is 6.20 Å². The predicted octanol–water partition coefficient (Wildman–Crippen LogP) is 6.99. The first kappa shape index (κ1) is 17.7. The molecular weight excluding hydrogens is 302 g/mol. The number of nitrogens with zero attached hydrogens (tertiary/aromatic N) is 1. The largest absolute Gasteiger partial charge is 0.256 e. The Morgan fingerprint density at radius 3 is 2.68 bits per heavy atom. The van der Waals surface area contributed by atoms with E-state index in [0.717, 1.165) is 25.0 Å². The van der Waals surface area contributed by atoms with Crippen molar-refractivity contribution in [1.82, 2.24) is 4.98 Å². The van der Waals surface area contributed by atoms with Gasteiger partial charge in [-0.3, -0.25) is 4.98 Å². The van der Waals surface area contributed by atoms with E-state index in [1.54, 1.807) is 0 Å². The average Bonchev–Trinajstić information content (AvgIpc) is 2.59. The smallest absolute Gasteiger partial charge is 0.0743 e. The van der Waals surface area contributed by atoms with E-state index in [2.05, 4.69) is 77.1 Å². The van der Waals surface area contributed by atoms with Crippen LogP contribution in [0, 0.1) is 0 Å². The van der Waals surface area contributed by atoms with Crippen LogP contribution >= 0.6 is 0 Å². The minimum atomic E-state index is -0.000528. The predicted molar refractivity (Wildman–Crippen MR) is 110 cm³/mol. The van der Waals surface area contributed by atoms with Crippen molar-refractivity contribution in [3.05, 3.63) is 71.1 Å². The molecule has 0 radical (unpaired) electrons. The quantitative estimate of drug-likeness (QED) is 0.425. The molecule has 1 heterocycles. The Morgan fingerprint density at radius 1 is 1.12 bits per heavy atom. The number of unbranched alkanes of at least 4 members (excludes halogenated alkanes) is 1. The molecule has 1 aromatic heterocycles. The third kappa shape index (κ3) is 3.08. The Balaban J connectivity index is 2.09. The van der Waals surface area contributed by atoms with Gasteiger partial charge in [-0.1, -0.05) is 62.8 Å². The second-order valence-corrected chi connectivity index (χ2v) is 7.53. The van der Waals surface area contributed by atoms with Crippen LogP contribution in [0.3, 0.4) is 0 Å². The van der Waals surface area contributed by atoms with Crippen molar-refractivity contribution < 1.29 is 0 Å². The summed E-state index contributed by atoms with van der Waals surface area (Å²) in [4.78, 5) is 4.74. The molecule has 0 fully saturated rings. The summed E-state index contributed by atoms with van der Waals surface area (Å²) in [6.45, 7) is 11.4. The van der Waals surface area contributed by atoms with Gasteiger partial charge in [-0.05, 0) is 61.3 Å². The van der Waals surface area contributed by atoms with Crippen LogP contribution in [-0.4, -0.2) is 4.98 Å². The summed E-state index contributed by atoms with van der Waals surface area (Å²) >= 11 is 0. The van der Waals surface area contributed by atoms with Crippen LogP contribution in [-0.2, 0) is 5.41 Å². The third-order valence-corrected chi connectivity index (χ3v) is 5.40. The molecule has 0 atom stereocenters. The van der Waals surface area contributed by atoms with Crippen molar-refractivity contribution in [3.8, 4) is 0 Å². The van der Waals surface area contributed by atoms with Crippen molar-refractivity contribution in [2.75, 3.05) is 0 Å². The fourth-order valence-corrected chi connectivity index (χ4v) is 4.33. The zero-order chi connectivity index (χ0) is 18.0. The van der Waals surface area contributed by atoms with Crippen LogP contribution in [0.5, 0.6) is 0 Å². The van der Waals surface area contributed by atoms with Crippen molar-refractivity contribution >= 4 is 16.3 Å². The SMILES string of the molecule is CCC=CCC/C=C(/C)C1=C(C)c2nccc3cccc(c23)C1(C)C. The average molecular weight is 332 g/mol. The number of hydrogen-bond acceptors (Lipinski definition) is 1. The van der Waals surface area contributed by atoms with Crippen LogP contribution in [0.15, 0.2) is 59.8 Å². The lowest BCUT2D eigenvalue weighted by Crippen LogP contribution is -2.26. The molecule has 0 N–H and O–H groups in total. The van der Waals surface area contributed by atoms with E-state index in [-0.39, 0.29) is 5.41 Å². The molecule has 1 aliphatic carbocycles. The molecule has 0 saturated heterocycles. The summed E-state index contributed by atoms with van der Waals surface area (Å²) in [7, 11) is 0. The Morgan fingerprint density at radius 2 is 1.92 bits per heavy atom. The molecule has 0 unspecified atom stereocenters. The van der Waals surface area contributed by atoms with E-state index in [1.165, 1.54) is 33.1 Å². The van der Waals surface area contributed by atoms with E-state index in [4.69, 9.17) is 4.98 Å². The molecule has 130 valence electrons. The maximum Gasteiger partial charge on any atom is 0.0743 e. The highest BCUT2D eigenvalue weighted by molar-refractivity contribution is 5.99. The summed E-state index contributed by atoms with van der Waals surface area (Å²) in [5.74, 6) is 0. The second kappa shape index (κ2) is 7.00. The molecule has 1 aromatic carbocycles. The highest BCUT2D eigenvalue weighted by Crippen LogP contribution is 2.48. The zero-order valence-corrected chi connectivity index (χ0v) is 16.2. The van der Waals surface area contributed by atoms with Gasteiger partial charge in [0.1, 0.15) is 0 Å². The van der Waals surface area contributed by atoms with Crippen LogP contribution in [0.4, 0.5) is 0 Å². The monoisotopic (exact) mass is 331 g/mol. The third-order valence-electron chi connectivity index (χ3n) is 5.40. The number of pyridine rings is 1. The topological polar surface area (TPSA) is 12.9 Å². The fraction of sp³-hybridized carbons (Fsp3) is 0.375. The first-order valence-electron chi connectivity index (χ1n) is 9.40. The molecule has 3 rings (SSSR count). The van der Waals surface area contributed by atoms with E-state index in [0.29, 0.717) is 0 Å². The van der Waals surface area contributed by atoms with Crippen LogP contribution in [0.25, 0.3) is 16.3 Å². The first-order valence-corrected chi connectivity index (χ1v) is 9.40. The Bertz CT molecular complexity index is 873. The molecule has 25 heavy (non-hydrogen) atoms. The van der Waals surface area contributed by atoms with Crippen molar-refractivity contribution in [1.29, 1.82) is 0 Å². The van der Waals surface area contributed by atoms with Crippen molar-refractivity contribution in [2.24, 2.45) is 0 Å². The lowest BCUT2D eigenvalue weighted by Gasteiger charge is -2.36. The van der Waals surface area contributed by atoms with Gasteiger partial charge in [-0.15, -0.1) is 0 Å². The van der Waals surface area contributed by atoms with Gasteiger partial charge in [0.25, 0.3) is 0 Å². The van der Waals surface area contributed by atoms with E-state index >= 15 is 0 Å². The van der Waals surface area contributed by atoms with Crippen molar-refractivity contribution in [2.45, 2.75) is 59.3 Å². The molecule has 0 bridgehead atoms. The summed E-state index contributed by atoms with van der Waals surface area (Å²) in [6.07, 6.45) is 12.2. The van der Waals surface area contributed by atoms with E-state index < -0.39 is 0 Å². The van der Waals surface area contributed by atoms with Gasteiger partial charge >= 0.3 is 0 Å². The van der Waals surface area contributed by atoms with Gasteiger partial charge < -0.3 is 0 Å². The fourth-order valence-electron chi connectivity index (χ4n) is 4.33.